The lowest BCUT2D eigenvalue weighted by atomic mass is 10.1. The average Bonchev–Trinajstić information content (AvgIpc) is 3.20. The Hall–Kier alpha value is -4.05. The van der Waals surface area contributed by atoms with Crippen LogP contribution in [0.2, 0.25) is 0 Å². The maximum absolute atomic E-state index is 13.8. The Balaban J connectivity index is 1.51. The molecule has 0 N–H and O–H groups in total. The second-order valence-corrected chi connectivity index (χ2v) is 9.24. The first-order valence-corrected chi connectivity index (χ1v) is 12.5. The molecule has 2 unspecified atom stereocenters. The molecule has 0 aliphatic carbocycles. The molecule has 2 saturated heterocycles. The van der Waals surface area contributed by atoms with E-state index in [2.05, 4.69) is 16.5 Å². The van der Waals surface area contributed by atoms with Gasteiger partial charge in [0.15, 0.2) is 17.4 Å². The first kappa shape index (κ1) is 25.6. The average molecular weight is 520 g/mol. The normalized spacial score (nSPS) is 18.8. The lowest BCUT2D eigenvalue weighted by molar-refractivity contribution is -0.129. The smallest absolute Gasteiger partial charge is 0.246 e. The number of carbonyl (C=O) groups is 1. The fourth-order valence-electron chi connectivity index (χ4n) is 5.14. The van der Waals surface area contributed by atoms with Crippen LogP contribution in [0.1, 0.15) is 24.4 Å². The molecule has 2 fully saturated rings. The Morgan fingerprint density at radius 3 is 2.63 bits per heavy atom. The number of anilines is 1. The molecule has 3 aromatic rings. The van der Waals surface area contributed by atoms with E-state index in [4.69, 9.17) is 24.2 Å². The first-order chi connectivity index (χ1) is 18.5. The summed E-state index contributed by atoms with van der Waals surface area (Å²) in [5, 5.41) is 0.863. The van der Waals surface area contributed by atoms with Crippen molar-refractivity contribution in [3.8, 4) is 11.5 Å². The number of halogens is 1. The minimum atomic E-state index is -0.527. The van der Waals surface area contributed by atoms with Crippen molar-refractivity contribution in [2.24, 2.45) is 0 Å². The van der Waals surface area contributed by atoms with Crippen LogP contribution in [0.25, 0.3) is 23.1 Å². The number of aromatic nitrogens is 3. The van der Waals surface area contributed by atoms with Crippen molar-refractivity contribution in [1.29, 1.82) is 0 Å². The van der Waals surface area contributed by atoms with Crippen molar-refractivity contribution in [3.63, 3.8) is 0 Å². The molecule has 10 heteroatoms. The molecule has 2 bridgehead atoms. The van der Waals surface area contributed by atoms with Gasteiger partial charge in [-0.15, -0.1) is 0 Å². The van der Waals surface area contributed by atoms with Gasteiger partial charge in [-0.05, 0) is 49.3 Å². The molecular weight excluding hydrogens is 489 g/mol. The Morgan fingerprint density at radius 2 is 1.92 bits per heavy atom. The van der Waals surface area contributed by atoms with Gasteiger partial charge in [-0.25, -0.2) is 14.4 Å². The molecule has 2 aliphatic rings. The number of pyridine rings is 1. The van der Waals surface area contributed by atoms with E-state index in [1.807, 2.05) is 23.1 Å². The predicted octanol–water partition coefficient (Wildman–Crippen LogP) is 3.73. The van der Waals surface area contributed by atoms with Gasteiger partial charge in [-0.1, -0.05) is 6.58 Å². The number of fused-ring (bicyclic) bond motifs is 3. The third-order valence-corrected chi connectivity index (χ3v) is 6.90. The van der Waals surface area contributed by atoms with Crippen LogP contribution in [0, 0.1) is 5.82 Å². The summed E-state index contributed by atoms with van der Waals surface area (Å²) in [5.74, 6) is 1.53. The minimum absolute atomic E-state index is 0.0237. The van der Waals surface area contributed by atoms with E-state index in [-0.39, 0.29) is 23.7 Å². The van der Waals surface area contributed by atoms with Gasteiger partial charge in [0.2, 0.25) is 5.91 Å². The van der Waals surface area contributed by atoms with Crippen LogP contribution < -0.4 is 14.4 Å². The van der Waals surface area contributed by atoms with Crippen LogP contribution in [-0.4, -0.2) is 78.4 Å². The van der Waals surface area contributed by atoms with E-state index in [1.54, 1.807) is 19.3 Å². The number of rotatable bonds is 9. The predicted molar refractivity (Wildman–Crippen MR) is 143 cm³/mol. The van der Waals surface area contributed by atoms with Gasteiger partial charge in [0, 0.05) is 43.7 Å². The monoisotopic (exact) mass is 519 g/mol. The SMILES string of the molecule is C=CC(=O)N1C2CCC1CN(c1nc(/C=C/c3cc(OC)c(F)cn3)nc3ccc(OCCOC)cc13)C2. The molecule has 1 aromatic carbocycles. The zero-order chi connectivity index (χ0) is 26.6. The number of methoxy groups -OCH3 is 2. The highest BCUT2D eigenvalue weighted by Gasteiger charge is 2.42. The Bertz CT molecular complexity index is 1370. The maximum Gasteiger partial charge on any atom is 0.246 e. The summed E-state index contributed by atoms with van der Waals surface area (Å²) in [7, 11) is 3.04. The minimum Gasteiger partial charge on any atom is -0.494 e. The molecule has 9 nitrogen and oxygen atoms in total. The highest BCUT2D eigenvalue weighted by atomic mass is 19.1. The molecule has 1 amide bonds. The Labute approximate surface area is 220 Å². The molecule has 2 aliphatic heterocycles. The van der Waals surface area contributed by atoms with E-state index in [9.17, 15) is 9.18 Å². The molecule has 0 spiro atoms. The number of nitrogens with zero attached hydrogens (tertiary/aromatic N) is 5. The van der Waals surface area contributed by atoms with Crippen molar-refractivity contribution < 1.29 is 23.4 Å². The molecule has 4 heterocycles. The number of ether oxygens (including phenoxy) is 3. The summed E-state index contributed by atoms with van der Waals surface area (Å²) in [6.45, 7) is 5.91. The van der Waals surface area contributed by atoms with Gasteiger partial charge in [0.25, 0.3) is 0 Å². The highest BCUT2D eigenvalue weighted by Crippen LogP contribution is 2.36. The van der Waals surface area contributed by atoms with E-state index in [0.717, 1.165) is 35.8 Å². The first-order valence-electron chi connectivity index (χ1n) is 12.5. The highest BCUT2D eigenvalue weighted by molar-refractivity contribution is 5.92. The second kappa shape index (κ2) is 11.1. The van der Waals surface area contributed by atoms with Gasteiger partial charge < -0.3 is 24.0 Å². The third kappa shape index (κ3) is 5.17. The molecule has 0 saturated carbocycles. The maximum atomic E-state index is 13.8. The number of carbonyl (C=O) groups excluding carboxylic acids is 1. The van der Waals surface area contributed by atoms with Crippen molar-refractivity contribution >= 4 is 34.8 Å². The van der Waals surface area contributed by atoms with Crippen LogP contribution in [0.15, 0.2) is 43.1 Å². The number of hydrogen-bond donors (Lipinski definition) is 0. The van der Waals surface area contributed by atoms with Crippen LogP contribution in [0.3, 0.4) is 0 Å². The Kier molecular flexibility index (Phi) is 7.50. The largest absolute Gasteiger partial charge is 0.494 e. The molecular formula is C28H30FN5O4. The van der Waals surface area contributed by atoms with E-state index in [0.29, 0.717) is 43.6 Å². The number of piperazine rings is 1. The number of amides is 1. The molecule has 2 aromatic heterocycles. The number of hydrogen-bond acceptors (Lipinski definition) is 8. The van der Waals surface area contributed by atoms with Crippen molar-refractivity contribution in [1.82, 2.24) is 19.9 Å². The van der Waals surface area contributed by atoms with Crippen molar-refractivity contribution in [2.45, 2.75) is 24.9 Å². The van der Waals surface area contributed by atoms with Gasteiger partial charge in [-0.3, -0.25) is 9.78 Å². The second-order valence-electron chi connectivity index (χ2n) is 9.24. The summed E-state index contributed by atoms with van der Waals surface area (Å²) in [4.78, 5) is 30.4. The fraction of sp³-hybridized carbons (Fsp3) is 0.357. The van der Waals surface area contributed by atoms with Gasteiger partial charge in [0.05, 0.1) is 31.1 Å². The van der Waals surface area contributed by atoms with Crippen LogP contribution in [0.5, 0.6) is 11.5 Å². The topological polar surface area (TPSA) is 89.9 Å². The van der Waals surface area contributed by atoms with E-state index < -0.39 is 5.82 Å². The fourth-order valence-corrected chi connectivity index (χ4v) is 5.14. The molecule has 0 radical (unpaired) electrons. The summed E-state index contributed by atoms with van der Waals surface area (Å²) in [6.07, 6.45) is 7.87. The molecule has 5 rings (SSSR count). The van der Waals surface area contributed by atoms with Crippen molar-refractivity contribution in [3.05, 3.63) is 60.5 Å². The zero-order valence-electron chi connectivity index (χ0n) is 21.5. The number of benzene rings is 1. The summed E-state index contributed by atoms with van der Waals surface area (Å²) in [5.41, 5.74) is 1.28. The molecule has 198 valence electrons. The van der Waals surface area contributed by atoms with Crippen LogP contribution in [-0.2, 0) is 9.53 Å². The quantitative estimate of drug-likeness (QED) is 0.312. The molecule has 38 heavy (non-hydrogen) atoms. The summed E-state index contributed by atoms with van der Waals surface area (Å²) in [6, 6.07) is 7.44. The van der Waals surface area contributed by atoms with Crippen molar-refractivity contribution in [2.75, 3.05) is 45.4 Å². The third-order valence-electron chi connectivity index (χ3n) is 6.90. The van der Waals surface area contributed by atoms with E-state index >= 15 is 0 Å². The summed E-state index contributed by atoms with van der Waals surface area (Å²) < 4.78 is 29.8. The van der Waals surface area contributed by atoms with E-state index in [1.165, 1.54) is 19.3 Å². The van der Waals surface area contributed by atoms with Crippen LogP contribution in [0.4, 0.5) is 10.2 Å². The molecule has 2 atom stereocenters. The zero-order valence-corrected chi connectivity index (χ0v) is 21.5. The van der Waals surface area contributed by atoms with Gasteiger partial charge >= 0.3 is 0 Å². The van der Waals surface area contributed by atoms with Gasteiger partial charge in [0.1, 0.15) is 18.2 Å². The Morgan fingerprint density at radius 1 is 1.13 bits per heavy atom. The van der Waals surface area contributed by atoms with Gasteiger partial charge in [-0.2, -0.15) is 0 Å². The van der Waals surface area contributed by atoms with Crippen LogP contribution >= 0.6 is 0 Å². The standard InChI is InChI=1S/C28H30FN5O4/c1-4-27(35)34-19-6-7-20(34)17-33(16-19)28-22-14-21(38-12-11-36-2)8-9-24(22)31-26(32-28)10-5-18-13-25(37-3)23(29)15-30-18/h4-5,8-10,13-15,19-20H,1,6-7,11-12,16-17H2,2-3H3/b10-5+. The lowest BCUT2D eigenvalue weighted by Gasteiger charge is -2.41. The summed E-state index contributed by atoms with van der Waals surface area (Å²) >= 11 is 0. The lowest BCUT2D eigenvalue weighted by Crippen LogP contribution is -2.55.